The lowest BCUT2D eigenvalue weighted by molar-refractivity contribution is -0.141. The van der Waals surface area contributed by atoms with E-state index < -0.39 is 12.0 Å². The number of unbranched alkanes of at least 4 members (excludes halogenated alkanes) is 1. The first kappa shape index (κ1) is 14.6. The number of imidazole rings is 1. The lowest BCUT2D eigenvalue weighted by atomic mass is 10.1. The SMILES string of the molecule is CCCCC(C(=O)O)n1c(CCC)nc2ccccc21. The first-order valence-corrected chi connectivity index (χ1v) is 7.37. The first-order valence-electron chi connectivity index (χ1n) is 7.37. The van der Waals surface area contributed by atoms with E-state index in [0.717, 1.165) is 42.5 Å². The van der Waals surface area contributed by atoms with Gasteiger partial charge in [-0.25, -0.2) is 9.78 Å². The van der Waals surface area contributed by atoms with Crippen molar-refractivity contribution in [3.05, 3.63) is 30.1 Å². The van der Waals surface area contributed by atoms with Crippen LogP contribution in [0.2, 0.25) is 0 Å². The van der Waals surface area contributed by atoms with Crippen LogP contribution in [0.5, 0.6) is 0 Å². The molecular weight excluding hydrogens is 252 g/mol. The molecule has 1 aromatic heterocycles. The van der Waals surface area contributed by atoms with Crippen LogP contribution in [-0.2, 0) is 11.2 Å². The van der Waals surface area contributed by atoms with E-state index in [-0.39, 0.29) is 0 Å². The van der Waals surface area contributed by atoms with Gasteiger partial charge in [-0.1, -0.05) is 38.8 Å². The Morgan fingerprint density at radius 2 is 2.05 bits per heavy atom. The number of carboxylic acid groups (broad SMARTS) is 1. The molecule has 0 spiro atoms. The molecule has 4 heteroatoms. The van der Waals surface area contributed by atoms with Crippen LogP contribution in [0, 0.1) is 0 Å². The zero-order valence-corrected chi connectivity index (χ0v) is 12.2. The van der Waals surface area contributed by atoms with Crippen LogP contribution in [0.3, 0.4) is 0 Å². The molecule has 1 aromatic carbocycles. The molecule has 2 aromatic rings. The number of fused-ring (bicyclic) bond motifs is 1. The van der Waals surface area contributed by atoms with Crippen molar-refractivity contribution in [1.82, 2.24) is 9.55 Å². The summed E-state index contributed by atoms with van der Waals surface area (Å²) in [5, 5.41) is 9.58. The van der Waals surface area contributed by atoms with Gasteiger partial charge in [0, 0.05) is 6.42 Å². The third-order valence-electron chi connectivity index (χ3n) is 3.57. The summed E-state index contributed by atoms with van der Waals surface area (Å²) in [5.74, 6) is 0.121. The van der Waals surface area contributed by atoms with Gasteiger partial charge in [0.1, 0.15) is 11.9 Å². The second-order valence-corrected chi connectivity index (χ2v) is 5.13. The average molecular weight is 274 g/mol. The Bertz CT molecular complexity index is 589. The Labute approximate surface area is 119 Å². The fraction of sp³-hybridized carbons (Fsp3) is 0.500. The van der Waals surface area contributed by atoms with Crippen LogP contribution in [0.4, 0.5) is 0 Å². The Balaban J connectivity index is 2.52. The summed E-state index contributed by atoms with van der Waals surface area (Å²) in [6, 6.07) is 7.28. The summed E-state index contributed by atoms with van der Waals surface area (Å²) in [7, 11) is 0. The number of para-hydroxylation sites is 2. The van der Waals surface area contributed by atoms with Crippen LogP contribution in [0.25, 0.3) is 11.0 Å². The summed E-state index contributed by atoms with van der Waals surface area (Å²) in [6.07, 6.45) is 4.34. The van der Waals surface area contributed by atoms with Crippen LogP contribution in [0.1, 0.15) is 51.4 Å². The normalized spacial score (nSPS) is 12.7. The number of benzene rings is 1. The third kappa shape index (κ3) is 2.84. The molecule has 0 amide bonds. The molecule has 0 aliphatic carbocycles. The van der Waals surface area contributed by atoms with Crippen molar-refractivity contribution in [1.29, 1.82) is 0 Å². The number of hydrogen-bond acceptors (Lipinski definition) is 2. The molecule has 0 fully saturated rings. The summed E-state index contributed by atoms with van der Waals surface area (Å²) in [5.41, 5.74) is 1.82. The molecule has 0 saturated heterocycles. The average Bonchev–Trinajstić information content (AvgIpc) is 2.78. The number of aromatic nitrogens is 2. The molecule has 0 saturated carbocycles. The van der Waals surface area contributed by atoms with Crippen molar-refractivity contribution in [2.75, 3.05) is 0 Å². The first-order chi connectivity index (χ1) is 9.69. The molecule has 0 aliphatic heterocycles. The van der Waals surface area contributed by atoms with E-state index in [0.29, 0.717) is 6.42 Å². The highest BCUT2D eigenvalue weighted by atomic mass is 16.4. The number of carbonyl (C=O) groups is 1. The monoisotopic (exact) mass is 274 g/mol. The largest absolute Gasteiger partial charge is 0.480 e. The van der Waals surface area contributed by atoms with Crippen molar-refractivity contribution in [2.45, 2.75) is 52.0 Å². The fourth-order valence-corrected chi connectivity index (χ4v) is 2.60. The molecular formula is C16H22N2O2. The van der Waals surface area contributed by atoms with E-state index in [4.69, 9.17) is 0 Å². The Morgan fingerprint density at radius 1 is 1.30 bits per heavy atom. The summed E-state index contributed by atoms with van der Waals surface area (Å²) in [4.78, 5) is 16.3. The van der Waals surface area contributed by atoms with Crippen molar-refractivity contribution in [3.8, 4) is 0 Å². The smallest absolute Gasteiger partial charge is 0.326 e. The van der Waals surface area contributed by atoms with Gasteiger partial charge in [-0.05, 0) is 25.0 Å². The minimum Gasteiger partial charge on any atom is -0.480 e. The maximum absolute atomic E-state index is 11.7. The predicted octanol–water partition coefficient (Wildman–Crippen LogP) is 3.80. The third-order valence-corrected chi connectivity index (χ3v) is 3.57. The summed E-state index contributed by atoms with van der Waals surface area (Å²) < 4.78 is 1.93. The number of rotatable bonds is 7. The molecule has 1 atom stereocenters. The van der Waals surface area contributed by atoms with E-state index in [1.54, 1.807) is 0 Å². The molecule has 2 rings (SSSR count). The summed E-state index contributed by atoms with van der Waals surface area (Å²) in [6.45, 7) is 4.17. The van der Waals surface area contributed by atoms with E-state index in [2.05, 4.69) is 18.8 Å². The molecule has 1 N–H and O–H groups in total. The second kappa shape index (κ2) is 6.55. The molecule has 1 unspecified atom stereocenters. The highest BCUT2D eigenvalue weighted by Gasteiger charge is 2.24. The minimum absolute atomic E-state index is 0.510. The van der Waals surface area contributed by atoms with Crippen molar-refractivity contribution < 1.29 is 9.90 Å². The van der Waals surface area contributed by atoms with Gasteiger partial charge in [0.2, 0.25) is 0 Å². The molecule has 0 radical (unpaired) electrons. The predicted molar refractivity (Wildman–Crippen MR) is 79.9 cm³/mol. The standard InChI is InChI=1S/C16H22N2O2/c1-3-5-10-14(16(19)20)18-13-11-7-6-9-12(13)17-15(18)8-4-2/h6-7,9,11,14H,3-5,8,10H2,1-2H3,(H,19,20). The zero-order valence-electron chi connectivity index (χ0n) is 12.2. The number of carboxylic acids is 1. The van der Waals surface area contributed by atoms with Gasteiger partial charge in [-0.15, -0.1) is 0 Å². The number of hydrogen-bond donors (Lipinski definition) is 1. The van der Waals surface area contributed by atoms with Crippen molar-refractivity contribution >= 4 is 17.0 Å². The minimum atomic E-state index is -0.765. The van der Waals surface area contributed by atoms with Crippen LogP contribution in [-0.4, -0.2) is 20.6 Å². The second-order valence-electron chi connectivity index (χ2n) is 5.13. The lowest BCUT2D eigenvalue weighted by Crippen LogP contribution is -2.21. The zero-order chi connectivity index (χ0) is 14.5. The van der Waals surface area contributed by atoms with Crippen molar-refractivity contribution in [3.63, 3.8) is 0 Å². The molecule has 4 nitrogen and oxygen atoms in total. The van der Waals surface area contributed by atoms with E-state index in [9.17, 15) is 9.90 Å². The summed E-state index contributed by atoms with van der Waals surface area (Å²) >= 11 is 0. The number of aliphatic carboxylic acids is 1. The Kier molecular flexibility index (Phi) is 4.77. The van der Waals surface area contributed by atoms with E-state index >= 15 is 0 Å². The van der Waals surface area contributed by atoms with Gasteiger partial charge in [0.25, 0.3) is 0 Å². The maximum Gasteiger partial charge on any atom is 0.326 e. The van der Waals surface area contributed by atoms with Crippen LogP contribution in [0.15, 0.2) is 24.3 Å². The van der Waals surface area contributed by atoms with Gasteiger partial charge in [0.05, 0.1) is 11.0 Å². The van der Waals surface area contributed by atoms with Crippen molar-refractivity contribution in [2.24, 2.45) is 0 Å². The fourth-order valence-electron chi connectivity index (χ4n) is 2.60. The number of nitrogens with zero attached hydrogens (tertiary/aromatic N) is 2. The Morgan fingerprint density at radius 3 is 2.70 bits per heavy atom. The van der Waals surface area contributed by atoms with Crippen LogP contribution >= 0.6 is 0 Å². The lowest BCUT2D eigenvalue weighted by Gasteiger charge is -2.17. The highest BCUT2D eigenvalue weighted by molar-refractivity contribution is 5.80. The highest BCUT2D eigenvalue weighted by Crippen LogP contribution is 2.25. The van der Waals surface area contributed by atoms with E-state index in [1.807, 2.05) is 28.8 Å². The topological polar surface area (TPSA) is 55.1 Å². The van der Waals surface area contributed by atoms with Gasteiger partial charge >= 0.3 is 5.97 Å². The van der Waals surface area contributed by atoms with Gasteiger partial charge in [0.15, 0.2) is 0 Å². The van der Waals surface area contributed by atoms with E-state index in [1.165, 1.54) is 0 Å². The van der Waals surface area contributed by atoms with Gasteiger partial charge < -0.3 is 9.67 Å². The van der Waals surface area contributed by atoms with Gasteiger partial charge in [-0.2, -0.15) is 0 Å². The molecule has 0 aliphatic rings. The molecule has 0 bridgehead atoms. The Hall–Kier alpha value is -1.84. The molecule has 108 valence electrons. The quantitative estimate of drug-likeness (QED) is 0.835. The molecule has 1 heterocycles. The number of aryl methyl sites for hydroxylation is 1. The van der Waals surface area contributed by atoms with Gasteiger partial charge in [-0.3, -0.25) is 0 Å². The molecule has 20 heavy (non-hydrogen) atoms. The maximum atomic E-state index is 11.7. The van der Waals surface area contributed by atoms with Crippen LogP contribution < -0.4 is 0 Å².